The number of benzene rings is 1. The molecule has 4 amide bonds. The van der Waals surface area contributed by atoms with Gasteiger partial charge in [0.05, 0.1) is 6.61 Å². The maximum atomic E-state index is 12.4. The van der Waals surface area contributed by atoms with Gasteiger partial charge in [0.2, 0.25) is 23.6 Å². The lowest BCUT2D eigenvalue weighted by atomic mass is 10.2. The lowest BCUT2D eigenvalue weighted by Gasteiger charge is -2.34. The summed E-state index contributed by atoms with van der Waals surface area (Å²) in [5.41, 5.74) is 0.904. The number of imide groups is 1. The summed E-state index contributed by atoms with van der Waals surface area (Å²) in [7, 11) is 0. The van der Waals surface area contributed by atoms with E-state index in [2.05, 4.69) is 0 Å². The van der Waals surface area contributed by atoms with Crippen molar-refractivity contribution in [3.63, 3.8) is 0 Å². The molecule has 0 atom stereocenters. The number of rotatable bonds is 7. The highest BCUT2D eigenvalue weighted by Gasteiger charge is 2.32. The lowest BCUT2D eigenvalue weighted by Crippen LogP contribution is -2.52. The van der Waals surface area contributed by atoms with E-state index >= 15 is 0 Å². The summed E-state index contributed by atoms with van der Waals surface area (Å²) in [6.45, 7) is 4.13. The number of ether oxygens (including phenoxy) is 1. The highest BCUT2D eigenvalue weighted by Crippen LogP contribution is 2.15. The Hall–Kier alpha value is -3.16. The Labute approximate surface area is 176 Å². The largest absolute Gasteiger partial charge is 0.494 e. The van der Waals surface area contributed by atoms with Crippen molar-refractivity contribution in [2.45, 2.75) is 26.2 Å². The van der Waals surface area contributed by atoms with Gasteiger partial charge in [-0.1, -0.05) is 19.1 Å². The van der Waals surface area contributed by atoms with Gasteiger partial charge < -0.3 is 14.5 Å². The van der Waals surface area contributed by atoms with Crippen molar-refractivity contribution in [1.29, 1.82) is 0 Å². The fourth-order valence-electron chi connectivity index (χ4n) is 3.38. The molecule has 0 saturated carbocycles. The second-order valence-corrected chi connectivity index (χ2v) is 7.33. The first-order valence-electron chi connectivity index (χ1n) is 10.3. The molecule has 0 aromatic heterocycles. The van der Waals surface area contributed by atoms with Crippen molar-refractivity contribution in [3.8, 4) is 5.75 Å². The van der Waals surface area contributed by atoms with Gasteiger partial charge in [-0.3, -0.25) is 24.1 Å². The number of hydrogen-bond donors (Lipinski definition) is 0. The molecule has 0 unspecified atom stereocenters. The Balaban J connectivity index is 1.45. The van der Waals surface area contributed by atoms with E-state index in [1.54, 1.807) is 15.9 Å². The first-order valence-corrected chi connectivity index (χ1v) is 10.3. The molecular weight excluding hydrogens is 386 g/mol. The SMILES string of the molecule is CCCOc1ccc(/C=C/C(=O)N2CCN(C(=O)CN3C(=O)CCC3=O)CC2)cc1. The quantitative estimate of drug-likeness (QED) is 0.497. The number of nitrogens with zero attached hydrogens (tertiary/aromatic N) is 3. The average Bonchev–Trinajstić information content (AvgIpc) is 3.08. The monoisotopic (exact) mass is 413 g/mol. The summed E-state index contributed by atoms with van der Waals surface area (Å²) < 4.78 is 5.54. The predicted molar refractivity (Wildman–Crippen MR) is 110 cm³/mol. The minimum Gasteiger partial charge on any atom is -0.494 e. The van der Waals surface area contributed by atoms with Gasteiger partial charge in [-0.2, -0.15) is 0 Å². The summed E-state index contributed by atoms with van der Waals surface area (Å²) in [6.07, 6.45) is 4.59. The third kappa shape index (κ3) is 5.46. The highest BCUT2D eigenvalue weighted by atomic mass is 16.5. The van der Waals surface area contributed by atoms with Crippen LogP contribution in [0.15, 0.2) is 30.3 Å². The lowest BCUT2D eigenvalue weighted by molar-refractivity contribution is -0.146. The van der Waals surface area contributed by atoms with E-state index in [1.165, 1.54) is 6.08 Å². The highest BCUT2D eigenvalue weighted by molar-refractivity contribution is 6.04. The minimum absolute atomic E-state index is 0.113. The van der Waals surface area contributed by atoms with Crippen LogP contribution in [-0.4, -0.2) is 77.7 Å². The van der Waals surface area contributed by atoms with Crippen LogP contribution in [0.25, 0.3) is 6.08 Å². The molecule has 8 heteroatoms. The summed E-state index contributed by atoms with van der Waals surface area (Å²) in [5.74, 6) is -0.155. The van der Waals surface area contributed by atoms with E-state index in [0.29, 0.717) is 32.8 Å². The predicted octanol–water partition coefficient (Wildman–Crippen LogP) is 1.31. The molecule has 8 nitrogen and oxygen atoms in total. The third-order valence-electron chi connectivity index (χ3n) is 5.16. The van der Waals surface area contributed by atoms with E-state index in [9.17, 15) is 19.2 Å². The molecule has 0 spiro atoms. The summed E-state index contributed by atoms with van der Waals surface area (Å²) in [6, 6.07) is 7.54. The van der Waals surface area contributed by atoms with Crippen LogP contribution in [0.4, 0.5) is 0 Å². The van der Waals surface area contributed by atoms with Crippen LogP contribution in [0.5, 0.6) is 5.75 Å². The van der Waals surface area contributed by atoms with Gasteiger partial charge in [0.15, 0.2) is 0 Å². The Morgan fingerprint density at radius 1 is 0.967 bits per heavy atom. The molecule has 2 aliphatic heterocycles. The van der Waals surface area contributed by atoms with Crippen molar-refractivity contribution >= 4 is 29.7 Å². The van der Waals surface area contributed by atoms with Crippen LogP contribution in [0.1, 0.15) is 31.7 Å². The molecular formula is C22H27N3O5. The van der Waals surface area contributed by atoms with Crippen molar-refractivity contribution in [2.24, 2.45) is 0 Å². The zero-order valence-corrected chi connectivity index (χ0v) is 17.2. The number of likely N-dealkylation sites (tertiary alicyclic amines) is 1. The van der Waals surface area contributed by atoms with E-state index in [4.69, 9.17) is 4.74 Å². The van der Waals surface area contributed by atoms with Crippen molar-refractivity contribution < 1.29 is 23.9 Å². The molecule has 3 rings (SSSR count). The molecule has 2 heterocycles. The number of carbonyl (C=O) groups is 4. The van der Waals surface area contributed by atoms with E-state index < -0.39 is 0 Å². The van der Waals surface area contributed by atoms with Crippen LogP contribution in [0.2, 0.25) is 0 Å². The molecule has 2 aliphatic rings. The number of hydrogen-bond acceptors (Lipinski definition) is 5. The maximum Gasteiger partial charge on any atom is 0.246 e. The molecule has 160 valence electrons. The van der Waals surface area contributed by atoms with Gasteiger partial charge in [0.25, 0.3) is 0 Å². The van der Waals surface area contributed by atoms with E-state index in [1.807, 2.05) is 31.2 Å². The smallest absolute Gasteiger partial charge is 0.246 e. The Kier molecular flexibility index (Phi) is 7.21. The first kappa shape index (κ1) is 21.5. The standard InChI is InChI=1S/C22H27N3O5/c1-2-15-30-18-6-3-17(4-7-18)5-8-19(26)23-11-13-24(14-12-23)22(29)16-25-20(27)9-10-21(25)28/h3-8H,2,9-16H2,1H3/b8-5+. The minimum atomic E-state index is -0.294. The molecule has 1 aromatic carbocycles. The van der Waals surface area contributed by atoms with Crippen molar-refractivity contribution in [1.82, 2.24) is 14.7 Å². The van der Waals surface area contributed by atoms with Gasteiger partial charge in [-0.25, -0.2) is 0 Å². The van der Waals surface area contributed by atoms with Crippen LogP contribution in [0.3, 0.4) is 0 Å². The zero-order valence-electron chi connectivity index (χ0n) is 17.2. The van der Waals surface area contributed by atoms with E-state index in [-0.39, 0.29) is 43.0 Å². The Morgan fingerprint density at radius 2 is 1.57 bits per heavy atom. The fraction of sp³-hybridized carbons (Fsp3) is 0.455. The molecule has 0 N–H and O–H groups in total. The topological polar surface area (TPSA) is 87.2 Å². The average molecular weight is 413 g/mol. The van der Waals surface area contributed by atoms with Crippen molar-refractivity contribution in [3.05, 3.63) is 35.9 Å². The van der Waals surface area contributed by atoms with Crippen LogP contribution in [0, 0.1) is 0 Å². The summed E-state index contributed by atoms with van der Waals surface area (Å²) in [5, 5.41) is 0. The summed E-state index contributed by atoms with van der Waals surface area (Å²) >= 11 is 0. The van der Waals surface area contributed by atoms with Crippen LogP contribution < -0.4 is 4.74 Å². The number of piperazine rings is 1. The second kappa shape index (κ2) is 10.0. The van der Waals surface area contributed by atoms with Gasteiger partial charge in [-0.15, -0.1) is 0 Å². The summed E-state index contributed by atoms with van der Waals surface area (Å²) in [4.78, 5) is 52.5. The van der Waals surface area contributed by atoms with Gasteiger partial charge in [0.1, 0.15) is 12.3 Å². The third-order valence-corrected chi connectivity index (χ3v) is 5.16. The molecule has 0 radical (unpaired) electrons. The molecule has 30 heavy (non-hydrogen) atoms. The number of carbonyl (C=O) groups excluding carboxylic acids is 4. The molecule has 0 aliphatic carbocycles. The van der Waals surface area contributed by atoms with E-state index in [0.717, 1.165) is 22.6 Å². The second-order valence-electron chi connectivity index (χ2n) is 7.33. The first-order chi connectivity index (χ1) is 14.5. The Morgan fingerprint density at radius 3 is 2.17 bits per heavy atom. The molecule has 2 fully saturated rings. The van der Waals surface area contributed by atoms with Crippen LogP contribution in [-0.2, 0) is 19.2 Å². The molecule has 1 aromatic rings. The fourth-order valence-corrected chi connectivity index (χ4v) is 3.38. The Bertz CT molecular complexity index is 810. The van der Waals surface area contributed by atoms with Gasteiger partial charge >= 0.3 is 0 Å². The molecule has 2 saturated heterocycles. The molecule has 0 bridgehead atoms. The zero-order chi connectivity index (χ0) is 21.5. The van der Waals surface area contributed by atoms with Gasteiger partial charge in [0, 0.05) is 45.1 Å². The normalized spacial score (nSPS) is 17.2. The van der Waals surface area contributed by atoms with Crippen molar-refractivity contribution in [2.75, 3.05) is 39.3 Å². The maximum absolute atomic E-state index is 12.4. The number of amides is 4. The van der Waals surface area contributed by atoms with Gasteiger partial charge in [-0.05, 0) is 30.2 Å². The van der Waals surface area contributed by atoms with Crippen LogP contribution >= 0.6 is 0 Å².